The third-order valence-corrected chi connectivity index (χ3v) is 5.34. The third-order valence-electron chi connectivity index (χ3n) is 0.921. The van der Waals surface area contributed by atoms with Gasteiger partial charge in [-0.05, 0) is 26.9 Å². The van der Waals surface area contributed by atoms with Crippen LogP contribution in [0.1, 0.15) is 13.8 Å². The van der Waals surface area contributed by atoms with Crippen LogP contribution in [0, 0.1) is 0 Å². The predicted octanol–water partition coefficient (Wildman–Crippen LogP) is 0.994. The van der Waals surface area contributed by atoms with Gasteiger partial charge < -0.3 is 4.12 Å². The highest BCUT2D eigenvalue weighted by Crippen LogP contribution is 1.87. The smallest absolute Gasteiger partial charge is 0.171 e. The fourth-order valence-electron chi connectivity index (χ4n) is 0.407. The molecule has 0 bridgehead atoms. The molecule has 0 aliphatic heterocycles. The van der Waals surface area contributed by atoms with Gasteiger partial charge in [-0.1, -0.05) is 11.3 Å². The van der Waals surface area contributed by atoms with E-state index in [1.54, 1.807) is 0 Å². The molecule has 54 valence electrons. The van der Waals surface area contributed by atoms with Gasteiger partial charge in [0.2, 0.25) is 0 Å². The van der Waals surface area contributed by atoms with Crippen LogP contribution in [-0.2, 0) is 4.12 Å². The van der Waals surface area contributed by atoms with E-state index in [9.17, 15) is 0 Å². The van der Waals surface area contributed by atoms with E-state index >= 15 is 0 Å². The molecule has 0 aliphatic carbocycles. The molecule has 3 heteroatoms. The van der Waals surface area contributed by atoms with Gasteiger partial charge in [0, 0.05) is 0 Å². The standard InChI is InChI=1S/C6H16OSi2/c1-6(2)5-8-7-9(3)4/h5,9H,8H2,1-4H3. The fourth-order valence-corrected chi connectivity index (χ4v) is 2.67. The van der Waals surface area contributed by atoms with Gasteiger partial charge in [-0.2, -0.15) is 0 Å². The number of rotatable bonds is 3. The van der Waals surface area contributed by atoms with Crippen LogP contribution in [0.2, 0.25) is 13.1 Å². The minimum Gasteiger partial charge on any atom is -0.460 e. The number of hydrogen-bond donors (Lipinski definition) is 0. The molecule has 0 rings (SSSR count). The van der Waals surface area contributed by atoms with E-state index < -0.39 is 9.04 Å². The van der Waals surface area contributed by atoms with Crippen LogP contribution in [0.15, 0.2) is 11.3 Å². The summed E-state index contributed by atoms with van der Waals surface area (Å²) in [5.41, 5.74) is 3.66. The van der Waals surface area contributed by atoms with Gasteiger partial charge in [0.15, 0.2) is 18.8 Å². The Hall–Kier alpha value is 0.134. The second kappa shape index (κ2) is 4.96. The first-order chi connectivity index (χ1) is 4.13. The summed E-state index contributed by atoms with van der Waals surface area (Å²) in [7, 11) is -0.996. The molecule has 0 aliphatic rings. The Balaban J connectivity index is 3.20. The van der Waals surface area contributed by atoms with Crippen LogP contribution in [0.4, 0.5) is 0 Å². The molecule has 0 saturated carbocycles. The zero-order valence-corrected chi connectivity index (χ0v) is 9.34. The largest absolute Gasteiger partial charge is 0.460 e. The molecule has 0 fully saturated rings. The SMILES string of the molecule is CC(C)=C[SiH2]O[SiH](C)C. The van der Waals surface area contributed by atoms with Crippen molar-refractivity contribution in [3.8, 4) is 0 Å². The Kier molecular flexibility index (Phi) is 5.04. The first-order valence-electron chi connectivity index (χ1n) is 3.38. The van der Waals surface area contributed by atoms with E-state index in [2.05, 4.69) is 32.6 Å². The molecule has 0 atom stereocenters. The Morgan fingerprint density at radius 3 is 2.33 bits per heavy atom. The summed E-state index contributed by atoms with van der Waals surface area (Å²) in [5, 5.41) is 0. The van der Waals surface area contributed by atoms with Gasteiger partial charge in [0.1, 0.15) is 0 Å². The molecule has 0 saturated heterocycles. The Labute approximate surface area is 61.8 Å². The molecule has 0 N–H and O–H groups in total. The fraction of sp³-hybridized carbons (Fsp3) is 0.667. The van der Waals surface area contributed by atoms with Crippen LogP contribution in [-0.4, -0.2) is 18.8 Å². The van der Waals surface area contributed by atoms with Crippen molar-refractivity contribution in [3.05, 3.63) is 11.3 Å². The summed E-state index contributed by atoms with van der Waals surface area (Å²) in [5.74, 6) is 0. The molecular formula is C6H16OSi2. The van der Waals surface area contributed by atoms with Gasteiger partial charge in [0.05, 0.1) is 0 Å². The third kappa shape index (κ3) is 8.13. The molecule has 1 nitrogen and oxygen atoms in total. The minimum absolute atomic E-state index is 0.284. The summed E-state index contributed by atoms with van der Waals surface area (Å²) >= 11 is 0. The van der Waals surface area contributed by atoms with Crippen molar-refractivity contribution < 1.29 is 4.12 Å². The second-order valence-electron chi connectivity index (χ2n) is 2.66. The molecule has 0 spiro atoms. The lowest BCUT2D eigenvalue weighted by molar-refractivity contribution is 0.634. The normalized spacial score (nSPS) is 11.2. The van der Waals surface area contributed by atoms with Gasteiger partial charge in [0.25, 0.3) is 0 Å². The highest BCUT2D eigenvalue weighted by molar-refractivity contribution is 6.57. The van der Waals surface area contributed by atoms with Crippen molar-refractivity contribution in [1.82, 2.24) is 0 Å². The van der Waals surface area contributed by atoms with Gasteiger partial charge in [-0.3, -0.25) is 0 Å². The van der Waals surface area contributed by atoms with Crippen LogP contribution in [0.3, 0.4) is 0 Å². The van der Waals surface area contributed by atoms with Gasteiger partial charge in [-0.25, -0.2) is 0 Å². The predicted molar refractivity (Wildman–Crippen MR) is 47.9 cm³/mol. The van der Waals surface area contributed by atoms with Crippen molar-refractivity contribution in [2.24, 2.45) is 0 Å². The average molecular weight is 160 g/mol. The van der Waals surface area contributed by atoms with E-state index in [0.29, 0.717) is 0 Å². The van der Waals surface area contributed by atoms with Crippen molar-refractivity contribution in [1.29, 1.82) is 0 Å². The first kappa shape index (κ1) is 9.13. The summed E-state index contributed by atoms with van der Waals surface area (Å²) in [6.45, 7) is 8.67. The van der Waals surface area contributed by atoms with Gasteiger partial charge >= 0.3 is 0 Å². The lowest BCUT2D eigenvalue weighted by Gasteiger charge is -2.01. The molecule has 0 aromatic heterocycles. The highest BCUT2D eigenvalue weighted by Gasteiger charge is 1.90. The van der Waals surface area contributed by atoms with Crippen molar-refractivity contribution in [3.63, 3.8) is 0 Å². The molecule has 0 radical (unpaired) electrons. The molecule has 0 aromatic rings. The lowest BCUT2D eigenvalue weighted by Crippen LogP contribution is -2.09. The van der Waals surface area contributed by atoms with Crippen molar-refractivity contribution in [2.75, 3.05) is 0 Å². The average Bonchev–Trinajstić information content (AvgIpc) is 1.63. The van der Waals surface area contributed by atoms with Crippen LogP contribution >= 0.6 is 0 Å². The molecule has 0 amide bonds. The molecule has 9 heavy (non-hydrogen) atoms. The van der Waals surface area contributed by atoms with E-state index in [1.165, 1.54) is 5.57 Å². The molecule has 0 aromatic carbocycles. The monoisotopic (exact) mass is 160 g/mol. The van der Waals surface area contributed by atoms with Crippen molar-refractivity contribution in [2.45, 2.75) is 26.9 Å². The lowest BCUT2D eigenvalue weighted by atomic mass is 10.4. The molecular weight excluding hydrogens is 144 g/mol. The maximum absolute atomic E-state index is 5.55. The van der Waals surface area contributed by atoms with E-state index in [4.69, 9.17) is 4.12 Å². The second-order valence-corrected chi connectivity index (χ2v) is 6.84. The quantitative estimate of drug-likeness (QED) is 0.560. The van der Waals surface area contributed by atoms with Crippen molar-refractivity contribution >= 4 is 18.8 Å². The zero-order chi connectivity index (χ0) is 7.28. The van der Waals surface area contributed by atoms with Crippen LogP contribution in [0.5, 0.6) is 0 Å². The number of allylic oxidation sites excluding steroid dienone is 1. The Morgan fingerprint density at radius 2 is 2.00 bits per heavy atom. The topological polar surface area (TPSA) is 9.23 Å². The first-order valence-corrected chi connectivity index (χ1v) is 7.55. The van der Waals surface area contributed by atoms with E-state index in [1.807, 2.05) is 0 Å². The highest BCUT2D eigenvalue weighted by atomic mass is 28.3. The maximum atomic E-state index is 5.55. The summed E-state index contributed by atoms with van der Waals surface area (Å²) < 4.78 is 5.55. The number of hydrogen-bond acceptors (Lipinski definition) is 1. The van der Waals surface area contributed by atoms with E-state index in [-0.39, 0.29) is 9.76 Å². The zero-order valence-electron chi connectivity index (χ0n) is 6.77. The van der Waals surface area contributed by atoms with Crippen LogP contribution < -0.4 is 0 Å². The summed E-state index contributed by atoms with van der Waals surface area (Å²) in [4.78, 5) is 0. The summed E-state index contributed by atoms with van der Waals surface area (Å²) in [6, 6.07) is 0. The molecule has 0 heterocycles. The minimum atomic E-state index is -0.712. The molecule has 0 unspecified atom stereocenters. The van der Waals surface area contributed by atoms with Crippen LogP contribution in [0.25, 0.3) is 0 Å². The Morgan fingerprint density at radius 1 is 1.44 bits per heavy atom. The van der Waals surface area contributed by atoms with E-state index in [0.717, 1.165) is 0 Å². The summed E-state index contributed by atoms with van der Waals surface area (Å²) in [6.07, 6.45) is 0. The maximum Gasteiger partial charge on any atom is 0.171 e. The Bertz CT molecular complexity index is 95.2. The van der Waals surface area contributed by atoms with Gasteiger partial charge in [-0.15, -0.1) is 0 Å².